The summed E-state index contributed by atoms with van der Waals surface area (Å²) in [6.45, 7) is 9.25. The number of hydrogen-bond acceptors (Lipinski definition) is 2. The van der Waals surface area contributed by atoms with E-state index in [1.165, 1.54) is 0 Å². The van der Waals surface area contributed by atoms with Crippen LogP contribution in [0, 0.1) is 16.7 Å². The Labute approximate surface area is 115 Å². The molecule has 0 saturated heterocycles. The maximum absolute atomic E-state index is 12.1. The lowest BCUT2D eigenvalue weighted by molar-refractivity contribution is -0.123. The molecule has 19 heavy (non-hydrogen) atoms. The molecule has 0 spiro atoms. The smallest absolute Gasteiger partial charge is 0.224 e. The van der Waals surface area contributed by atoms with Crippen molar-refractivity contribution in [2.45, 2.75) is 34.1 Å². The predicted molar refractivity (Wildman–Crippen MR) is 75.9 cm³/mol. The molecule has 0 atom stereocenters. The van der Waals surface area contributed by atoms with Crippen LogP contribution in [0.5, 0.6) is 5.75 Å². The minimum Gasteiger partial charge on any atom is -0.508 e. The number of hydrogen-bond donors (Lipinski definition) is 2. The fourth-order valence-electron chi connectivity index (χ4n) is 2.95. The number of carbonyl (C=O) groups excluding carboxylic acids is 1. The van der Waals surface area contributed by atoms with Gasteiger partial charge in [-0.1, -0.05) is 39.8 Å². The van der Waals surface area contributed by atoms with Crippen LogP contribution in [0.3, 0.4) is 0 Å². The van der Waals surface area contributed by atoms with Gasteiger partial charge in [0.2, 0.25) is 5.91 Å². The van der Waals surface area contributed by atoms with Crippen molar-refractivity contribution in [1.29, 1.82) is 0 Å². The first-order chi connectivity index (χ1) is 8.76. The zero-order valence-electron chi connectivity index (χ0n) is 12.2. The van der Waals surface area contributed by atoms with E-state index in [9.17, 15) is 9.90 Å². The molecule has 0 aliphatic heterocycles. The molecule has 1 aliphatic rings. The topological polar surface area (TPSA) is 49.3 Å². The first-order valence-electron chi connectivity index (χ1n) is 6.82. The van der Waals surface area contributed by atoms with Crippen molar-refractivity contribution in [1.82, 2.24) is 5.32 Å². The normalized spacial score (nSPS) is 20.0. The second kappa shape index (κ2) is 4.55. The Balaban J connectivity index is 1.81. The van der Waals surface area contributed by atoms with Crippen LogP contribution >= 0.6 is 0 Å². The van der Waals surface area contributed by atoms with Crippen LogP contribution in [0.1, 0.15) is 33.3 Å². The monoisotopic (exact) mass is 261 g/mol. The number of rotatable bonds is 4. The Morgan fingerprint density at radius 1 is 1.16 bits per heavy atom. The second-order valence-corrected chi connectivity index (χ2v) is 6.58. The summed E-state index contributed by atoms with van der Waals surface area (Å²) >= 11 is 0. The number of aromatic hydroxyl groups is 1. The van der Waals surface area contributed by atoms with Crippen LogP contribution in [-0.4, -0.2) is 17.6 Å². The van der Waals surface area contributed by atoms with Crippen LogP contribution in [0.2, 0.25) is 0 Å². The van der Waals surface area contributed by atoms with E-state index in [0.717, 1.165) is 12.0 Å². The standard InChI is InChI=1S/C16H23NO2/c1-15(2)13(16(15,3)4)14(19)17-10-9-11-5-7-12(18)8-6-11/h5-8,13,18H,9-10H2,1-4H3,(H,17,19). The Bertz CT molecular complexity index is 460. The largest absolute Gasteiger partial charge is 0.508 e. The summed E-state index contributed by atoms with van der Waals surface area (Å²) < 4.78 is 0. The third-order valence-electron chi connectivity index (χ3n) is 4.93. The lowest BCUT2D eigenvalue weighted by Gasteiger charge is -2.06. The minimum absolute atomic E-state index is 0.0929. The molecule has 1 aliphatic carbocycles. The number of carbonyl (C=O) groups is 1. The average molecular weight is 261 g/mol. The summed E-state index contributed by atoms with van der Waals surface area (Å²) in [5.74, 6) is 0.544. The van der Waals surface area contributed by atoms with Crippen molar-refractivity contribution in [3.63, 3.8) is 0 Å². The molecule has 1 amide bonds. The summed E-state index contributed by atoms with van der Waals surface area (Å²) in [6, 6.07) is 7.10. The molecular formula is C16H23NO2. The molecule has 2 rings (SSSR count). The molecule has 0 unspecified atom stereocenters. The van der Waals surface area contributed by atoms with E-state index in [1.54, 1.807) is 12.1 Å². The van der Waals surface area contributed by atoms with E-state index in [4.69, 9.17) is 0 Å². The van der Waals surface area contributed by atoms with Gasteiger partial charge in [0.1, 0.15) is 5.75 Å². The zero-order valence-corrected chi connectivity index (χ0v) is 12.2. The fraction of sp³-hybridized carbons (Fsp3) is 0.562. The second-order valence-electron chi connectivity index (χ2n) is 6.58. The summed E-state index contributed by atoms with van der Waals surface area (Å²) in [4.78, 5) is 12.1. The molecule has 2 N–H and O–H groups in total. The van der Waals surface area contributed by atoms with Gasteiger partial charge in [-0.3, -0.25) is 4.79 Å². The number of benzene rings is 1. The first-order valence-corrected chi connectivity index (χ1v) is 6.82. The Morgan fingerprint density at radius 3 is 2.16 bits per heavy atom. The van der Waals surface area contributed by atoms with Gasteiger partial charge < -0.3 is 10.4 Å². The van der Waals surface area contributed by atoms with Crippen molar-refractivity contribution in [3.8, 4) is 5.75 Å². The molecule has 1 fully saturated rings. The molecule has 1 aromatic rings. The highest BCUT2D eigenvalue weighted by molar-refractivity contribution is 5.84. The average Bonchev–Trinajstić information content (AvgIpc) is 2.72. The molecule has 0 aromatic heterocycles. The van der Waals surface area contributed by atoms with Gasteiger partial charge in [0.05, 0.1) is 0 Å². The number of phenolic OH excluding ortho intramolecular Hbond substituents is 1. The van der Waals surface area contributed by atoms with E-state index >= 15 is 0 Å². The maximum Gasteiger partial charge on any atom is 0.224 e. The Morgan fingerprint density at radius 2 is 1.68 bits per heavy atom. The van der Waals surface area contributed by atoms with Gasteiger partial charge in [-0.15, -0.1) is 0 Å². The maximum atomic E-state index is 12.1. The van der Waals surface area contributed by atoms with Gasteiger partial charge in [-0.05, 0) is 34.9 Å². The highest BCUT2D eigenvalue weighted by atomic mass is 16.3. The Hall–Kier alpha value is -1.51. The zero-order chi connectivity index (χ0) is 14.3. The molecule has 1 aromatic carbocycles. The van der Waals surface area contributed by atoms with Crippen molar-refractivity contribution >= 4 is 5.91 Å². The highest BCUT2D eigenvalue weighted by Gasteiger charge is 2.68. The summed E-state index contributed by atoms with van der Waals surface area (Å²) in [5.41, 5.74) is 1.30. The van der Waals surface area contributed by atoms with E-state index < -0.39 is 0 Å². The molecule has 0 bridgehead atoms. The van der Waals surface area contributed by atoms with Gasteiger partial charge >= 0.3 is 0 Å². The number of amides is 1. The first kappa shape index (κ1) is 13.9. The van der Waals surface area contributed by atoms with E-state index in [1.807, 2.05) is 12.1 Å². The lowest BCUT2D eigenvalue weighted by Crippen LogP contribution is -2.29. The van der Waals surface area contributed by atoms with Crippen LogP contribution in [0.25, 0.3) is 0 Å². The minimum atomic E-state index is 0.0929. The molecule has 0 radical (unpaired) electrons. The van der Waals surface area contributed by atoms with Crippen molar-refractivity contribution < 1.29 is 9.90 Å². The molecule has 1 saturated carbocycles. The predicted octanol–water partition coefficient (Wildman–Crippen LogP) is 2.73. The summed E-state index contributed by atoms with van der Waals surface area (Å²) in [5, 5.41) is 12.2. The van der Waals surface area contributed by atoms with E-state index in [0.29, 0.717) is 6.54 Å². The molecule has 3 heteroatoms. The van der Waals surface area contributed by atoms with Crippen LogP contribution in [-0.2, 0) is 11.2 Å². The van der Waals surface area contributed by atoms with Gasteiger partial charge in [0.15, 0.2) is 0 Å². The van der Waals surface area contributed by atoms with Crippen molar-refractivity contribution in [2.24, 2.45) is 16.7 Å². The summed E-state index contributed by atoms with van der Waals surface area (Å²) in [7, 11) is 0. The van der Waals surface area contributed by atoms with E-state index in [2.05, 4.69) is 33.0 Å². The third kappa shape index (κ3) is 2.46. The Kier molecular flexibility index (Phi) is 3.33. The van der Waals surface area contributed by atoms with E-state index in [-0.39, 0.29) is 28.4 Å². The number of nitrogens with one attached hydrogen (secondary N) is 1. The fourth-order valence-corrected chi connectivity index (χ4v) is 2.95. The van der Waals surface area contributed by atoms with Gasteiger partial charge in [-0.2, -0.15) is 0 Å². The highest BCUT2D eigenvalue weighted by Crippen LogP contribution is 2.68. The summed E-state index contributed by atoms with van der Waals surface area (Å²) in [6.07, 6.45) is 0.791. The van der Waals surface area contributed by atoms with Crippen LogP contribution in [0.4, 0.5) is 0 Å². The molecule has 104 valence electrons. The van der Waals surface area contributed by atoms with Crippen molar-refractivity contribution in [2.75, 3.05) is 6.54 Å². The van der Waals surface area contributed by atoms with Crippen molar-refractivity contribution in [3.05, 3.63) is 29.8 Å². The van der Waals surface area contributed by atoms with Crippen LogP contribution in [0.15, 0.2) is 24.3 Å². The SMILES string of the molecule is CC1(C)C(C(=O)NCCc2ccc(O)cc2)C1(C)C. The molecular weight excluding hydrogens is 238 g/mol. The van der Waals surface area contributed by atoms with Gasteiger partial charge in [-0.25, -0.2) is 0 Å². The quantitative estimate of drug-likeness (QED) is 0.875. The van der Waals surface area contributed by atoms with Gasteiger partial charge in [0, 0.05) is 12.5 Å². The van der Waals surface area contributed by atoms with Gasteiger partial charge in [0.25, 0.3) is 0 Å². The number of phenols is 1. The third-order valence-corrected chi connectivity index (χ3v) is 4.93. The van der Waals surface area contributed by atoms with Crippen LogP contribution < -0.4 is 5.32 Å². The lowest BCUT2D eigenvalue weighted by atomic mass is 10.0. The molecule has 3 nitrogen and oxygen atoms in total. The molecule has 0 heterocycles.